The van der Waals surface area contributed by atoms with Crippen LogP contribution >= 0.6 is 11.8 Å². The number of carbonyl (C=O) groups is 2. The molecule has 0 spiro atoms. The highest BCUT2D eigenvalue weighted by atomic mass is 32.2. The van der Waals surface area contributed by atoms with Crippen molar-refractivity contribution in [2.24, 2.45) is 0 Å². The number of hydrogen-bond donors (Lipinski definition) is 3. The quantitative estimate of drug-likeness (QED) is 0.375. The van der Waals surface area contributed by atoms with Gasteiger partial charge in [0.05, 0.1) is 29.5 Å². The largest absolute Gasteiger partial charge is 0.383 e. The Kier molecular flexibility index (Phi) is 21.0. The smallest absolute Gasteiger partial charge is 0.240 e. The summed E-state index contributed by atoms with van der Waals surface area (Å²) in [5, 5.41) is 16.9. The highest BCUT2D eigenvalue weighted by molar-refractivity contribution is 8.04. The molecule has 1 aliphatic heterocycles. The number of carbonyl (C=O) groups excluding carboxylic acids is 2. The Hall–Kier alpha value is -3.21. The van der Waals surface area contributed by atoms with Crippen LogP contribution in [0.15, 0.2) is 29.8 Å². The van der Waals surface area contributed by atoms with E-state index < -0.39 is 0 Å². The molecule has 2 amide bonds. The van der Waals surface area contributed by atoms with Crippen LogP contribution in [-0.4, -0.2) is 67.3 Å². The molecule has 1 aromatic heterocycles. The Morgan fingerprint density at radius 1 is 1.38 bits per heavy atom. The molecular weight excluding hydrogens is 452 g/mol. The number of thioether (sulfide) groups is 1. The van der Waals surface area contributed by atoms with Crippen LogP contribution in [0.3, 0.4) is 0 Å². The van der Waals surface area contributed by atoms with Crippen LogP contribution in [-0.2, 0) is 14.3 Å². The minimum atomic E-state index is -0.0852. The summed E-state index contributed by atoms with van der Waals surface area (Å²) in [5.74, 6) is 4.14. The van der Waals surface area contributed by atoms with Gasteiger partial charge in [-0.05, 0) is 25.5 Å². The maximum absolute atomic E-state index is 11.4. The molecule has 1 aliphatic rings. The fourth-order valence-electron chi connectivity index (χ4n) is 2.29. The minimum absolute atomic E-state index is 0.0852. The third-order valence-corrected chi connectivity index (χ3v) is 5.18. The molecule has 188 valence electrons. The second-order valence-electron chi connectivity index (χ2n) is 6.41. The summed E-state index contributed by atoms with van der Waals surface area (Å²) in [7, 11) is 3.53. The van der Waals surface area contributed by atoms with E-state index in [2.05, 4.69) is 33.4 Å². The average Bonchev–Trinajstić information content (AvgIpc) is 3.11. The summed E-state index contributed by atoms with van der Waals surface area (Å²) < 4.78 is 4.91. The second-order valence-corrected chi connectivity index (χ2v) is 7.68. The molecule has 0 saturated carbocycles. The zero-order chi connectivity index (χ0) is 26.4. The van der Waals surface area contributed by atoms with Gasteiger partial charge in [-0.2, -0.15) is 5.26 Å². The van der Waals surface area contributed by atoms with Crippen molar-refractivity contribution in [1.82, 2.24) is 15.2 Å². The van der Waals surface area contributed by atoms with E-state index in [-0.39, 0.29) is 17.1 Å². The molecule has 34 heavy (non-hydrogen) atoms. The topological polar surface area (TPSA) is 119 Å². The zero-order valence-electron chi connectivity index (χ0n) is 21.1. The van der Waals surface area contributed by atoms with Gasteiger partial charge in [0.25, 0.3) is 0 Å². The lowest BCUT2D eigenvalue weighted by atomic mass is 10.3. The van der Waals surface area contributed by atoms with Gasteiger partial charge < -0.3 is 25.6 Å². The zero-order valence-corrected chi connectivity index (χ0v) is 21.9. The van der Waals surface area contributed by atoms with Crippen LogP contribution in [0.1, 0.15) is 34.1 Å². The van der Waals surface area contributed by atoms with Crippen molar-refractivity contribution in [2.75, 3.05) is 51.0 Å². The molecule has 2 heterocycles. The van der Waals surface area contributed by atoms with Crippen LogP contribution in [0.25, 0.3) is 0 Å². The number of aromatic nitrogens is 1. The van der Waals surface area contributed by atoms with Crippen molar-refractivity contribution in [3.63, 3.8) is 0 Å². The number of nitrogens with zero attached hydrogens (tertiary/aromatic N) is 3. The van der Waals surface area contributed by atoms with E-state index in [9.17, 15) is 9.59 Å². The first-order valence-corrected chi connectivity index (χ1v) is 11.7. The van der Waals surface area contributed by atoms with E-state index in [1.54, 1.807) is 29.8 Å². The molecule has 1 saturated heterocycles. The van der Waals surface area contributed by atoms with E-state index >= 15 is 0 Å². The van der Waals surface area contributed by atoms with Crippen LogP contribution in [0.2, 0.25) is 0 Å². The molecule has 10 heteroatoms. The van der Waals surface area contributed by atoms with Gasteiger partial charge in [-0.1, -0.05) is 37.3 Å². The van der Waals surface area contributed by atoms with E-state index in [1.807, 2.05) is 39.1 Å². The Balaban J connectivity index is 0. The first kappa shape index (κ1) is 33.0. The summed E-state index contributed by atoms with van der Waals surface area (Å²) in [6.07, 6.45) is 5.71. The van der Waals surface area contributed by atoms with Crippen molar-refractivity contribution in [2.45, 2.75) is 39.4 Å². The van der Waals surface area contributed by atoms with Crippen molar-refractivity contribution in [1.29, 1.82) is 5.26 Å². The van der Waals surface area contributed by atoms with Gasteiger partial charge in [0, 0.05) is 41.1 Å². The van der Waals surface area contributed by atoms with Gasteiger partial charge in [0.1, 0.15) is 11.6 Å². The maximum Gasteiger partial charge on any atom is 0.240 e. The van der Waals surface area contributed by atoms with Gasteiger partial charge in [-0.25, -0.2) is 4.98 Å². The number of hydrogen-bond acceptors (Lipinski definition) is 8. The molecule has 1 fully saturated rings. The Bertz CT molecular complexity index is 820. The minimum Gasteiger partial charge on any atom is -0.383 e. The Labute approximate surface area is 208 Å². The summed E-state index contributed by atoms with van der Waals surface area (Å²) in [6.45, 7) is 13.2. The molecular formula is C24H38N6O3S. The highest BCUT2D eigenvalue weighted by Gasteiger charge is 2.32. The highest BCUT2D eigenvalue weighted by Crippen LogP contribution is 2.34. The van der Waals surface area contributed by atoms with Crippen LogP contribution in [0, 0.1) is 23.7 Å². The van der Waals surface area contributed by atoms with Crippen LogP contribution < -0.4 is 16.0 Å². The summed E-state index contributed by atoms with van der Waals surface area (Å²) >= 11 is 1.59. The molecule has 2 rings (SSSR count). The lowest BCUT2D eigenvalue weighted by Crippen LogP contribution is -2.27. The number of nitrogens with one attached hydrogen (secondary N) is 3. The number of terminal acetylenes is 1. The predicted molar refractivity (Wildman–Crippen MR) is 141 cm³/mol. The molecule has 9 nitrogen and oxygen atoms in total. The fourth-order valence-corrected chi connectivity index (χ4v) is 3.36. The van der Waals surface area contributed by atoms with E-state index in [0.29, 0.717) is 13.2 Å². The molecule has 1 aromatic rings. The monoisotopic (exact) mass is 490 g/mol. The number of pyridine rings is 1. The molecule has 0 unspecified atom stereocenters. The summed E-state index contributed by atoms with van der Waals surface area (Å²) in [6, 6.07) is 7.55. The van der Waals surface area contributed by atoms with Crippen molar-refractivity contribution in [3.05, 3.63) is 29.8 Å². The lowest BCUT2D eigenvalue weighted by molar-refractivity contribution is -0.127. The van der Waals surface area contributed by atoms with Crippen LogP contribution in [0.4, 0.5) is 11.6 Å². The van der Waals surface area contributed by atoms with Crippen molar-refractivity contribution >= 4 is 35.2 Å². The number of ether oxygens (including phenoxy) is 1. The first-order chi connectivity index (χ1) is 16.2. The molecule has 0 bridgehead atoms. The summed E-state index contributed by atoms with van der Waals surface area (Å²) in [4.78, 5) is 27.5. The van der Waals surface area contributed by atoms with Crippen molar-refractivity contribution < 1.29 is 14.3 Å². The molecule has 0 radical (unpaired) electrons. The van der Waals surface area contributed by atoms with Gasteiger partial charge in [0.15, 0.2) is 0 Å². The lowest BCUT2D eigenvalue weighted by Gasteiger charge is -2.12. The number of nitriles is 1. The average molecular weight is 491 g/mol. The third kappa shape index (κ3) is 15.6. The van der Waals surface area contributed by atoms with Gasteiger partial charge >= 0.3 is 0 Å². The number of methoxy groups -OCH3 is 1. The van der Waals surface area contributed by atoms with E-state index in [0.717, 1.165) is 36.2 Å². The number of rotatable bonds is 8. The number of amides is 2. The predicted octanol–water partition coefficient (Wildman–Crippen LogP) is 3.30. The fraction of sp³-hybridized carbons (Fsp3) is 0.500. The molecule has 0 aromatic carbocycles. The molecule has 3 N–H and O–H groups in total. The summed E-state index contributed by atoms with van der Waals surface area (Å²) in [5.41, 5.74) is 0. The van der Waals surface area contributed by atoms with Gasteiger partial charge in [-0.3, -0.25) is 9.59 Å². The third-order valence-electron chi connectivity index (χ3n) is 3.86. The number of anilines is 2. The maximum atomic E-state index is 11.4. The van der Waals surface area contributed by atoms with E-state index in [1.165, 1.54) is 13.8 Å². The SMILES string of the molecule is C#CCNC(C)=O.C=C1S[C@H](CC)C(=O)N1CC.CC#N.CNc1cccc(NCCOC)n1. The second kappa shape index (κ2) is 21.6. The standard InChI is InChI=1S/C9H15N3O.C8H13NOS.C5H7NO.C2H3N/c1-10-8-4-3-5-9(12-8)11-6-7-13-2;1-4-7-8(10)9(5-2)6(3)11-7;1-3-4-6-5(2)7;1-2-3/h3-5H,6-7H2,1-2H3,(H2,10,11,12);7H,3-5H2,1-2H3;1H,4H2,2H3,(H,6,7);1H3/t;7-;;/m.1../s1. The molecule has 0 aliphatic carbocycles. The Morgan fingerprint density at radius 3 is 2.38 bits per heavy atom. The van der Waals surface area contributed by atoms with Gasteiger partial charge in [-0.15, -0.1) is 6.42 Å². The Morgan fingerprint density at radius 2 is 2.00 bits per heavy atom. The van der Waals surface area contributed by atoms with Crippen LogP contribution in [0.5, 0.6) is 0 Å². The van der Waals surface area contributed by atoms with Gasteiger partial charge in [0.2, 0.25) is 11.8 Å². The van der Waals surface area contributed by atoms with Crippen molar-refractivity contribution in [3.8, 4) is 18.4 Å². The first-order valence-electron chi connectivity index (χ1n) is 10.8. The normalized spacial score (nSPS) is 13.4. The molecule has 1 atom stereocenters. The van der Waals surface area contributed by atoms with E-state index in [4.69, 9.17) is 16.4 Å².